The molecular weight excluding hydrogens is 306 g/mol. The number of nitro groups is 1. The van der Waals surface area contributed by atoms with E-state index in [1.54, 1.807) is 6.92 Å². The van der Waals surface area contributed by atoms with Gasteiger partial charge in [-0.05, 0) is 24.1 Å². The molecule has 1 aliphatic heterocycles. The smallest absolute Gasteiger partial charge is 0.431 e. The molecule has 2 rings (SSSR count). The maximum absolute atomic E-state index is 12.1. The van der Waals surface area contributed by atoms with Gasteiger partial charge in [-0.25, -0.2) is 9.80 Å². The third kappa shape index (κ3) is 3.75. The van der Waals surface area contributed by atoms with E-state index in [0.717, 1.165) is 10.0 Å². The molecule has 1 N–H and O–H groups in total. The molecule has 1 aromatic rings. The number of amides is 2. The van der Waals surface area contributed by atoms with E-state index in [9.17, 15) is 24.8 Å². The molecule has 0 spiro atoms. The summed E-state index contributed by atoms with van der Waals surface area (Å²) in [4.78, 5) is 33.6. The molecule has 1 aromatic carbocycles. The second-order valence-electron chi connectivity index (χ2n) is 4.98. The van der Waals surface area contributed by atoms with Crippen LogP contribution in [0.3, 0.4) is 0 Å². The number of carbonyl (C=O) groups excluding carboxylic acids is 2. The molecule has 124 valence electrons. The van der Waals surface area contributed by atoms with Gasteiger partial charge in [-0.3, -0.25) is 14.9 Å². The first-order valence-corrected chi connectivity index (χ1v) is 7.11. The molecule has 1 fully saturated rings. The van der Waals surface area contributed by atoms with Crippen LogP contribution in [0.15, 0.2) is 24.3 Å². The molecule has 0 unspecified atom stereocenters. The lowest BCUT2D eigenvalue weighted by Gasteiger charge is -2.41. The summed E-state index contributed by atoms with van der Waals surface area (Å²) < 4.78 is 5.08. The average molecular weight is 323 g/mol. The van der Waals surface area contributed by atoms with Gasteiger partial charge >= 0.3 is 6.09 Å². The number of β-lactam (4-membered cyclic amide) rings is 1. The van der Waals surface area contributed by atoms with Crippen LogP contribution in [0, 0.1) is 10.1 Å². The Labute approximate surface area is 132 Å². The highest BCUT2D eigenvalue weighted by Crippen LogP contribution is 2.19. The fraction of sp³-hybridized carbons (Fsp3) is 0.429. The molecule has 1 aliphatic rings. The monoisotopic (exact) mass is 323 g/mol. The highest BCUT2D eigenvalue weighted by Gasteiger charge is 2.37. The molecular formula is C14H17N3O6. The molecule has 23 heavy (non-hydrogen) atoms. The Morgan fingerprint density at radius 2 is 2.13 bits per heavy atom. The predicted molar refractivity (Wildman–Crippen MR) is 77.7 cm³/mol. The van der Waals surface area contributed by atoms with Crippen molar-refractivity contribution in [3.63, 3.8) is 0 Å². The minimum atomic E-state index is -1.15. The number of nitrogens with zero attached hydrogens (tertiary/aromatic N) is 3. The molecule has 1 saturated heterocycles. The van der Waals surface area contributed by atoms with E-state index < -0.39 is 17.2 Å². The van der Waals surface area contributed by atoms with Crippen molar-refractivity contribution in [1.29, 1.82) is 0 Å². The SMILES string of the molecule is CC[C@@H](O)N(C(=O)OCc1ccc([N+](=O)[O-])cc1)N1CCC1=O. The Hall–Kier alpha value is -2.68. The van der Waals surface area contributed by atoms with Gasteiger partial charge in [0.05, 0.1) is 11.5 Å². The molecule has 1 atom stereocenters. The van der Waals surface area contributed by atoms with E-state index in [0.29, 0.717) is 18.5 Å². The maximum Gasteiger partial charge on any atom is 0.431 e. The molecule has 1 heterocycles. The van der Waals surface area contributed by atoms with Crippen LogP contribution in [0.4, 0.5) is 10.5 Å². The zero-order valence-electron chi connectivity index (χ0n) is 12.5. The standard InChI is InChI=1S/C14H17N3O6/c1-2-12(18)16(15-8-7-13(15)19)14(20)23-9-10-3-5-11(6-4-10)17(21)22/h3-6,12,18H,2,7-9H2,1H3/t12-/m1/s1. The molecule has 9 nitrogen and oxygen atoms in total. The molecule has 0 bridgehead atoms. The van der Waals surface area contributed by atoms with Gasteiger partial charge in [0.2, 0.25) is 5.91 Å². The largest absolute Gasteiger partial charge is 0.443 e. The Balaban J connectivity index is 1.98. The number of rotatable bonds is 6. The predicted octanol–water partition coefficient (Wildman–Crippen LogP) is 1.41. The molecule has 9 heteroatoms. The highest BCUT2D eigenvalue weighted by atomic mass is 16.6. The van der Waals surface area contributed by atoms with Crippen LogP contribution in [0.2, 0.25) is 0 Å². The number of benzene rings is 1. The zero-order valence-corrected chi connectivity index (χ0v) is 12.5. The van der Waals surface area contributed by atoms with Crippen LogP contribution in [-0.4, -0.2) is 44.8 Å². The number of aliphatic hydroxyl groups excluding tert-OH is 1. The molecule has 0 saturated carbocycles. The van der Waals surface area contributed by atoms with Gasteiger partial charge in [0.25, 0.3) is 5.69 Å². The van der Waals surface area contributed by atoms with E-state index in [-0.39, 0.29) is 24.6 Å². The normalized spacial score (nSPS) is 14.9. The van der Waals surface area contributed by atoms with E-state index in [4.69, 9.17) is 4.74 Å². The first-order chi connectivity index (χ1) is 10.9. The lowest BCUT2D eigenvalue weighted by molar-refractivity contribution is -0.384. The first kappa shape index (κ1) is 16.7. The van der Waals surface area contributed by atoms with E-state index in [2.05, 4.69) is 0 Å². The first-order valence-electron chi connectivity index (χ1n) is 7.11. The van der Waals surface area contributed by atoms with Crippen LogP contribution in [-0.2, 0) is 16.1 Å². The van der Waals surface area contributed by atoms with Gasteiger partial charge < -0.3 is 9.84 Å². The Morgan fingerprint density at radius 1 is 1.48 bits per heavy atom. The second-order valence-corrected chi connectivity index (χ2v) is 4.98. The lowest BCUT2D eigenvalue weighted by Crippen LogP contribution is -2.60. The lowest BCUT2D eigenvalue weighted by atomic mass is 10.2. The van der Waals surface area contributed by atoms with Crippen LogP contribution >= 0.6 is 0 Å². The summed E-state index contributed by atoms with van der Waals surface area (Å²) in [5, 5.41) is 22.5. The highest BCUT2D eigenvalue weighted by molar-refractivity contribution is 5.84. The van der Waals surface area contributed by atoms with E-state index >= 15 is 0 Å². The van der Waals surface area contributed by atoms with Crippen molar-refractivity contribution >= 4 is 17.7 Å². The number of hydrazine groups is 1. The number of hydrogen-bond acceptors (Lipinski definition) is 6. The minimum absolute atomic E-state index is 0.0608. The third-order valence-corrected chi connectivity index (χ3v) is 3.43. The number of hydrogen-bond donors (Lipinski definition) is 1. The Morgan fingerprint density at radius 3 is 2.57 bits per heavy atom. The van der Waals surface area contributed by atoms with Gasteiger partial charge in [-0.2, -0.15) is 5.01 Å². The fourth-order valence-electron chi connectivity index (χ4n) is 2.01. The average Bonchev–Trinajstić information content (AvgIpc) is 2.55. The number of carbonyl (C=O) groups is 2. The van der Waals surface area contributed by atoms with Gasteiger partial charge in [0.15, 0.2) is 6.23 Å². The molecule has 2 amide bonds. The zero-order chi connectivity index (χ0) is 17.0. The van der Waals surface area contributed by atoms with Crippen molar-refractivity contribution in [2.75, 3.05) is 6.54 Å². The quantitative estimate of drug-likeness (QED) is 0.366. The topological polar surface area (TPSA) is 113 Å². The Bertz CT molecular complexity index is 603. The summed E-state index contributed by atoms with van der Waals surface area (Å²) in [7, 11) is 0. The van der Waals surface area contributed by atoms with Crippen LogP contribution in [0.25, 0.3) is 0 Å². The van der Waals surface area contributed by atoms with Gasteiger partial charge in [0, 0.05) is 18.6 Å². The second kappa shape index (κ2) is 7.05. The van der Waals surface area contributed by atoms with Gasteiger partial charge in [-0.15, -0.1) is 0 Å². The summed E-state index contributed by atoms with van der Waals surface area (Å²) in [6.45, 7) is 1.90. The number of aliphatic hydroxyl groups is 1. The third-order valence-electron chi connectivity index (χ3n) is 3.43. The van der Waals surface area contributed by atoms with Crippen molar-refractivity contribution in [1.82, 2.24) is 10.0 Å². The van der Waals surface area contributed by atoms with E-state index in [1.807, 2.05) is 0 Å². The maximum atomic E-state index is 12.1. The van der Waals surface area contributed by atoms with Crippen LogP contribution in [0.5, 0.6) is 0 Å². The van der Waals surface area contributed by atoms with Crippen molar-refractivity contribution in [2.45, 2.75) is 32.6 Å². The van der Waals surface area contributed by atoms with Crippen LogP contribution in [0.1, 0.15) is 25.3 Å². The summed E-state index contributed by atoms with van der Waals surface area (Å²) in [6, 6.07) is 5.56. The summed E-state index contributed by atoms with van der Waals surface area (Å²) in [5.41, 5.74) is 0.499. The fourth-order valence-corrected chi connectivity index (χ4v) is 2.01. The van der Waals surface area contributed by atoms with Gasteiger partial charge in [-0.1, -0.05) is 6.92 Å². The van der Waals surface area contributed by atoms with Crippen LogP contribution < -0.4 is 0 Å². The molecule has 0 aromatic heterocycles. The summed E-state index contributed by atoms with van der Waals surface area (Å²) >= 11 is 0. The summed E-state index contributed by atoms with van der Waals surface area (Å²) in [5.74, 6) is -0.259. The van der Waals surface area contributed by atoms with E-state index in [1.165, 1.54) is 24.3 Å². The van der Waals surface area contributed by atoms with Crippen molar-refractivity contribution < 1.29 is 24.4 Å². The van der Waals surface area contributed by atoms with Crippen molar-refractivity contribution in [3.8, 4) is 0 Å². The summed E-state index contributed by atoms with van der Waals surface area (Å²) in [6.07, 6.45) is -1.42. The number of non-ortho nitro benzene ring substituents is 1. The van der Waals surface area contributed by atoms with Crippen molar-refractivity contribution in [3.05, 3.63) is 39.9 Å². The number of nitro benzene ring substituents is 1. The van der Waals surface area contributed by atoms with Gasteiger partial charge in [0.1, 0.15) is 6.61 Å². The minimum Gasteiger partial charge on any atom is -0.443 e. The number of ether oxygens (including phenoxy) is 1. The molecule has 0 aliphatic carbocycles. The molecule has 0 radical (unpaired) electrons. The Kier molecular flexibility index (Phi) is 5.12. The van der Waals surface area contributed by atoms with Crippen molar-refractivity contribution in [2.24, 2.45) is 0 Å².